The summed E-state index contributed by atoms with van der Waals surface area (Å²) in [6.07, 6.45) is -5.12. The molecular weight excluding hydrogens is 364 g/mol. The molecule has 0 spiro atoms. The lowest BCUT2D eigenvalue weighted by molar-refractivity contribution is -0.262. The number of carbonyl (C=O) groups excluding carboxylic acids is 2. The topological polar surface area (TPSA) is 170 Å². The number of aliphatic hydroxyl groups is 3. The SMILES string of the molecule is CO[C@H]1O[C@H](CO)[C@@H](O)[C@H](O)[C@H]1NC(=O)CNC(=O)N(CCCl)N=O. The molecular formula is C12H21ClN4O8. The van der Waals surface area contributed by atoms with Gasteiger partial charge in [0, 0.05) is 13.0 Å². The van der Waals surface area contributed by atoms with Crippen LogP contribution in [0.25, 0.3) is 0 Å². The van der Waals surface area contributed by atoms with Crippen LogP contribution in [0.1, 0.15) is 0 Å². The van der Waals surface area contributed by atoms with E-state index in [1.807, 2.05) is 0 Å². The highest BCUT2D eigenvalue weighted by atomic mass is 35.5. The minimum absolute atomic E-state index is 0.0175. The number of nitroso groups, excluding NO2 is 1. The van der Waals surface area contributed by atoms with Crippen LogP contribution in [0, 0.1) is 4.91 Å². The number of urea groups is 1. The molecule has 5 atom stereocenters. The first-order valence-corrected chi connectivity index (χ1v) is 7.82. The lowest BCUT2D eigenvalue weighted by atomic mass is 9.97. The van der Waals surface area contributed by atoms with Gasteiger partial charge in [0.1, 0.15) is 24.4 Å². The van der Waals surface area contributed by atoms with Crippen molar-refractivity contribution in [1.29, 1.82) is 0 Å². The zero-order chi connectivity index (χ0) is 19.0. The van der Waals surface area contributed by atoms with Crippen LogP contribution in [0.5, 0.6) is 0 Å². The molecule has 0 unspecified atom stereocenters. The van der Waals surface area contributed by atoms with Crippen LogP contribution in [0.3, 0.4) is 0 Å². The van der Waals surface area contributed by atoms with Crippen LogP contribution >= 0.6 is 11.6 Å². The molecule has 0 radical (unpaired) electrons. The maximum atomic E-state index is 11.9. The van der Waals surface area contributed by atoms with Gasteiger partial charge in [0.25, 0.3) is 0 Å². The van der Waals surface area contributed by atoms with Gasteiger partial charge in [-0.2, -0.15) is 5.01 Å². The van der Waals surface area contributed by atoms with E-state index in [1.54, 1.807) is 0 Å². The fraction of sp³-hybridized carbons (Fsp3) is 0.833. The van der Waals surface area contributed by atoms with Crippen molar-refractivity contribution in [2.75, 3.05) is 32.7 Å². The first-order valence-electron chi connectivity index (χ1n) is 7.28. The van der Waals surface area contributed by atoms with E-state index < -0.39 is 55.7 Å². The standard InChI is InChI=1S/C12H21ClN4O8/c1-24-11-8(10(21)9(20)6(5-18)25-11)15-7(19)4-14-12(22)17(16-23)3-2-13/h6,8-11,18,20-21H,2-5H2,1H3,(H,14,22)(H,15,19)/t6-,8-,9-,10-,11+/m1/s1. The monoisotopic (exact) mass is 384 g/mol. The number of hydrogen-bond donors (Lipinski definition) is 5. The summed E-state index contributed by atoms with van der Waals surface area (Å²) in [6, 6.07) is -2.06. The number of halogens is 1. The Bertz CT molecular complexity index is 468. The van der Waals surface area contributed by atoms with E-state index in [9.17, 15) is 24.7 Å². The maximum absolute atomic E-state index is 11.9. The van der Waals surface area contributed by atoms with Crippen molar-refractivity contribution in [2.24, 2.45) is 5.29 Å². The number of hydrogen-bond acceptors (Lipinski definition) is 9. The number of nitrogens with zero attached hydrogens (tertiary/aromatic N) is 2. The molecule has 1 aliphatic rings. The maximum Gasteiger partial charge on any atom is 0.340 e. The molecule has 5 N–H and O–H groups in total. The number of nitrogens with one attached hydrogen (secondary N) is 2. The van der Waals surface area contributed by atoms with Crippen LogP contribution < -0.4 is 10.6 Å². The Hall–Kier alpha value is -1.57. The van der Waals surface area contributed by atoms with E-state index in [4.69, 9.17) is 26.2 Å². The molecule has 0 aromatic rings. The third-order valence-electron chi connectivity index (χ3n) is 3.47. The molecule has 0 bridgehead atoms. The van der Waals surface area contributed by atoms with Gasteiger partial charge in [0.05, 0.1) is 25.0 Å². The van der Waals surface area contributed by atoms with E-state index >= 15 is 0 Å². The zero-order valence-electron chi connectivity index (χ0n) is 13.4. The van der Waals surface area contributed by atoms with Gasteiger partial charge >= 0.3 is 6.03 Å². The summed E-state index contributed by atoms with van der Waals surface area (Å²) in [4.78, 5) is 34.0. The summed E-state index contributed by atoms with van der Waals surface area (Å²) in [5.74, 6) is -0.759. The van der Waals surface area contributed by atoms with E-state index in [1.165, 1.54) is 7.11 Å². The minimum Gasteiger partial charge on any atom is -0.394 e. The van der Waals surface area contributed by atoms with E-state index in [2.05, 4.69) is 15.9 Å². The lowest BCUT2D eigenvalue weighted by Gasteiger charge is -2.41. The van der Waals surface area contributed by atoms with Gasteiger partial charge in [-0.3, -0.25) is 4.79 Å². The van der Waals surface area contributed by atoms with Crippen molar-refractivity contribution in [3.05, 3.63) is 4.91 Å². The summed E-state index contributed by atoms with van der Waals surface area (Å²) in [7, 11) is 1.25. The Balaban J connectivity index is 2.59. The third kappa shape index (κ3) is 5.73. The van der Waals surface area contributed by atoms with Crippen LogP contribution in [0.15, 0.2) is 5.29 Å². The second-order valence-corrected chi connectivity index (χ2v) is 5.47. The highest BCUT2D eigenvalue weighted by molar-refractivity contribution is 6.18. The second-order valence-electron chi connectivity index (χ2n) is 5.09. The quantitative estimate of drug-likeness (QED) is 0.173. The van der Waals surface area contributed by atoms with Crippen molar-refractivity contribution >= 4 is 23.5 Å². The molecule has 3 amide bonds. The number of alkyl halides is 1. The number of methoxy groups -OCH3 is 1. The highest BCUT2D eigenvalue weighted by Crippen LogP contribution is 2.21. The van der Waals surface area contributed by atoms with Crippen LogP contribution in [-0.4, -0.2) is 95.6 Å². The molecule has 1 aliphatic heterocycles. The predicted octanol–water partition coefficient (Wildman–Crippen LogP) is -2.51. The van der Waals surface area contributed by atoms with Crippen molar-refractivity contribution in [1.82, 2.24) is 15.6 Å². The summed E-state index contributed by atoms with van der Waals surface area (Å²) in [5, 5.41) is 36.4. The Morgan fingerprint density at radius 1 is 1.36 bits per heavy atom. The summed E-state index contributed by atoms with van der Waals surface area (Å²) < 4.78 is 10.2. The Kier molecular flexibility index (Phi) is 8.96. The van der Waals surface area contributed by atoms with E-state index in [0.29, 0.717) is 5.01 Å². The molecule has 0 aromatic carbocycles. The third-order valence-corrected chi connectivity index (χ3v) is 3.64. The number of aliphatic hydroxyl groups excluding tert-OH is 3. The summed E-state index contributed by atoms with van der Waals surface area (Å²) >= 11 is 5.40. The molecule has 1 rings (SSSR count). The van der Waals surface area contributed by atoms with E-state index in [-0.39, 0.29) is 12.4 Å². The smallest absolute Gasteiger partial charge is 0.340 e. The van der Waals surface area contributed by atoms with Crippen molar-refractivity contribution < 1.29 is 34.4 Å². The summed E-state index contributed by atoms with van der Waals surface area (Å²) in [6.45, 7) is -1.22. The number of carbonyl (C=O) groups is 2. The predicted molar refractivity (Wildman–Crippen MR) is 83.3 cm³/mol. The number of ether oxygens (including phenoxy) is 2. The van der Waals surface area contributed by atoms with Gasteiger partial charge in [0.2, 0.25) is 5.91 Å². The fourth-order valence-corrected chi connectivity index (χ4v) is 2.34. The van der Waals surface area contributed by atoms with Crippen LogP contribution in [0.2, 0.25) is 0 Å². The van der Waals surface area contributed by atoms with Gasteiger partial charge < -0.3 is 35.4 Å². The first-order chi connectivity index (χ1) is 11.9. The molecule has 1 fully saturated rings. The van der Waals surface area contributed by atoms with E-state index in [0.717, 1.165) is 0 Å². The fourth-order valence-electron chi connectivity index (χ4n) is 2.18. The molecule has 1 saturated heterocycles. The molecule has 0 aromatic heterocycles. The second kappa shape index (κ2) is 10.4. The van der Waals surface area contributed by atoms with Crippen LogP contribution in [0.4, 0.5) is 4.79 Å². The normalized spacial score (nSPS) is 28.9. The highest BCUT2D eigenvalue weighted by Gasteiger charge is 2.45. The molecule has 0 saturated carbocycles. The van der Waals surface area contributed by atoms with Crippen molar-refractivity contribution in [2.45, 2.75) is 30.6 Å². The van der Waals surface area contributed by atoms with Gasteiger partial charge in [-0.1, -0.05) is 0 Å². The minimum atomic E-state index is -1.47. The van der Waals surface area contributed by atoms with Gasteiger partial charge in [0.15, 0.2) is 6.29 Å². The molecule has 144 valence electrons. The Morgan fingerprint density at radius 3 is 2.56 bits per heavy atom. The number of rotatable bonds is 8. The van der Waals surface area contributed by atoms with Gasteiger partial charge in [-0.15, -0.1) is 16.5 Å². The largest absolute Gasteiger partial charge is 0.394 e. The first kappa shape index (κ1) is 21.5. The molecule has 12 nitrogen and oxygen atoms in total. The molecule has 0 aliphatic carbocycles. The average molecular weight is 385 g/mol. The van der Waals surface area contributed by atoms with Crippen molar-refractivity contribution in [3.63, 3.8) is 0 Å². The zero-order valence-corrected chi connectivity index (χ0v) is 14.1. The molecule has 13 heteroatoms. The summed E-state index contributed by atoms with van der Waals surface area (Å²) in [5.41, 5.74) is 0. The average Bonchev–Trinajstić information content (AvgIpc) is 2.61. The van der Waals surface area contributed by atoms with Crippen LogP contribution in [-0.2, 0) is 14.3 Å². The number of amides is 3. The van der Waals surface area contributed by atoms with Gasteiger partial charge in [-0.05, 0) is 0 Å². The molecule has 1 heterocycles. The molecule has 25 heavy (non-hydrogen) atoms. The Labute approximate surface area is 148 Å². The van der Waals surface area contributed by atoms with Gasteiger partial charge in [-0.25, -0.2) is 4.79 Å². The van der Waals surface area contributed by atoms with Crippen molar-refractivity contribution in [3.8, 4) is 0 Å². The Morgan fingerprint density at radius 2 is 2.04 bits per heavy atom. The lowest BCUT2D eigenvalue weighted by Crippen LogP contribution is -2.65.